The van der Waals surface area contributed by atoms with Crippen LogP contribution in [-0.4, -0.2) is 15.0 Å². The van der Waals surface area contributed by atoms with Crippen molar-refractivity contribution in [2.24, 2.45) is 0 Å². The van der Waals surface area contributed by atoms with Crippen LogP contribution in [0.15, 0.2) is 30.7 Å². The Bertz CT molecular complexity index is 366. The first-order chi connectivity index (χ1) is 5.86. The van der Waals surface area contributed by atoms with Gasteiger partial charge in [-0.05, 0) is 12.1 Å². The van der Waals surface area contributed by atoms with Crippen LogP contribution in [0.5, 0.6) is 0 Å². The zero-order valence-electron chi connectivity index (χ0n) is 6.36. The summed E-state index contributed by atoms with van der Waals surface area (Å²) in [5.41, 5.74) is 7.38. The number of anilines is 1. The zero-order valence-corrected chi connectivity index (χ0v) is 6.36. The van der Waals surface area contributed by atoms with Crippen LogP contribution in [0, 0.1) is 0 Å². The molecule has 60 valence electrons. The first-order valence-electron chi connectivity index (χ1n) is 3.57. The van der Waals surface area contributed by atoms with Gasteiger partial charge in [0.1, 0.15) is 0 Å². The quantitative estimate of drug-likeness (QED) is 0.655. The van der Waals surface area contributed by atoms with Crippen LogP contribution in [-0.2, 0) is 0 Å². The fraction of sp³-hybridized carbons (Fsp3) is 0. The summed E-state index contributed by atoms with van der Waals surface area (Å²) in [5, 5.41) is 0. The van der Waals surface area contributed by atoms with Gasteiger partial charge in [-0.15, -0.1) is 0 Å². The molecule has 0 amide bonds. The molecule has 3 N–H and O–H groups in total. The molecular formula is C8H8N4. The lowest BCUT2D eigenvalue weighted by molar-refractivity contribution is 1.31. The van der Waals surface area contributed by atoms with Gasteiger partial charge >= 0.3 is 0 Å². The number of hydrogen-bond donors (Lipinski definition) is 2. The number of nitrogens with zero attached hydrogens (tertiary/aromatic N) is 2. The lowest BCUT2D eigenvalue weighted by atomic mass is 10.2. The number of pyridine rings is 1. The number of nitrogens with one attached hydrogen (secondary N) is 1. The molecule has 12 heavy (non-hydrogen) atoms. The topological polar surface area (TPSA) is 67.6 Å². The maximum Gasteiger partial charge on any atom is 0.197 e. The minimum absolute atomic E-state index is 0.432. The standard InChI is InChI=1S/C8H8N4/c9-8-11-5-7(12-8)6-1-3-10-4-2-6/h1-5H,(H3,9,11,12). The predicted molar refractivity (Wildman–Crippen MR) is 46.2 cm³/mol. The monoisotopic (exact) mass is 160 g/mol. The number of aromatic nitrogens is 3. The van der Waals surface area contributed by atoms with Crippen molar-refractivity contribution in [1.29, 1.82) is 0 Å². The van der Waals surface area contributed by atoms with E-state index in [1.54, 1.807) is 18.6 Å². The second kappa shape index (κ2) is 2.65. The summed E-state index contributed by atoms with van der Waals surface area (Å²) in [6.45, 7) is 0. The summed E-state index contributed by atoms with van der Waals surface area (Å²) in [6.07, 6.45) is 5.16. The Morgan fingerprint density at radius 1 is 1.25 bits per heavy atom. The summed E-state index contributed by atoms with van der Waals surface area (Å²) < 4.78 is 0. The average molecular weight is 160 g/mol. The molecule has 0 atom stereocenters. The molecule has 0 fully saturated rings. The van der Waals surface area contributed by atoms with Gasteiger partial charge in [-0.1, -0.05) is 0 Å². The Labute approximate surface area is 69.5 Å². The van der Waals surface area contributed by atoms with Gasteiger partial charge in [0.25, 0.3) is 0 Å². The highest BCUT2D eigenvalue weighted by Crippen LogP contribution is 2.15. The normalized spacial score (nSPS) is 10.0. The molecule has 0 aliphatic carbocycles. The van der Waals surface area contributed by atoms with Crippen molar-refractivity contribution in [3.63, 3.8) is 0 Å². The van der Waals surface area contributed by atoms with Crippen molar-refractivity contribution in [3.05, 3.63) is 30.7 Å². The van der Waals surface area contributed by atoms with E-state index in [0.29, 0.717) is 5.95 Å². The highest BCUT2D eigenvalue weighted by molar-refractivity contribution is 5.58. The van der Waals surface area contributed by atoms with E-state index in [1.807, 2.05) is 12.1 Å². The highest BCUT2D eigenvalue weighted by Gasteiger charge is 1.98. The molecule has 2 heterocycles. The molecule has 0 radical (unpaired) electrons. The third-order valence-electron chi connectivity index (χ3n) is 1.59. The Balaban J connectivity index is 2.45. The zero-order chi connectivity index (χ0) is 8.39. The second-order valence-corrected chi connectivity index (χ2v) is 2.42. The number of rotatable bonds is 1. The molecule has 0 aliphatic rings. The SMILES string of the molecule is Nc1ncc(-c2ccncc2)[nH]1. The van der Waals surface area contributed by atoms with Crippen molar-refractivity contribution in [2.45, 2.75) is 0 Å². The van der Waals surface area contributed by atoms with Crippen LogP contribution in [0.25, 0.3) is 11.3 Å². The van der Waals surface area contributed by atoms with Crippen LogP contribution < -0.4 is 5.73 Å². The van der Waals surface area contributed by atoms with E-state index in [4.69, 9.17) is 5.73 Å². The number of nitrogen functional groups attached to an aromatic ring is 1. The van der Waals surface area contributed by atoms with E-state index in [1.165, 1.54) is 0 Å². The van der Waals surface area contributed by atoms with Gasteiger partial charge in [-0.25, -0.2) is 4.98 Å². The summed E-state index contributed by atoms with van der Waals surface area (Å²) in [7, 11) is 0. The first kappa shape index (κ1) is 6.84. The van der Waals surface area contributed by atoms with Crippen LogP contribution in [0.4, 0.5) is 5.95 Å². The van der Waals surface area contributed by atoms with E-state index < -0.39 is 0 Å². The Morgan fingerprint density at radius 3 is 2.58 bits per heavy atom. The molecule has 0 saturated heterocycles. The Kier molecular flexibility index (Phi) is 1.51. The third kappa shape index (κ3) is 1.14. The minimum atomic E-state index is 0.432. The molecule has 0 unspecified atom stereocenters. The number of hydrogen-bond acceptors (Lipinski definition) is 3. The first-order valence-corrected chi connectivity index (χ1v) is 3.57. The van der Waals surface area contributed by atoms with Gasteiger partial charge in [-0.2, -0.15) is 0 Å². The van der Waals surface area contributed by atoms with Gasteiger partial charge in [0.05, 0.1) is 11.9 Å². The molecule has 0 bridgehead atoms. The molecule has 0 aromatic carbocycles. The van der Waals surface area contributed by atoms with E-state index in [9.17, 15) is 0 Å². The molecule has 4 nitrogen and oxygen atoms in total. The van der Waals surface area contributed by atoms with Gasteiger partial charge in [0.15, 0.2) is 5.95 Å². The smallest absolute Gasteiger partial charge is 0.197 e. The number of imidazole rings is 1. The second-order valence-electron chi connectivity index (χ2n) is 2.42. The molecule has 2 rings (SSSR count). The third-order valence-corrected chi connectivity index (χ3v) is 1.59. The average Bonchev–Trinajstić information content (AvgIpc) is 2.54. The summed E-state index contributed by atoms with van der Waals surface area (Å²) >= 11 is 0. The van der Waals surface area contributed by atoms with Crippen LogP contribution in [0.3, 0.4) is 0 Å². The predicted octanol–water partition coefficient (Wildman–Crippen LogP) is 1.05. The fourth-order valence-corrected chi connectivity index (χ4v) is 1.01. The van der Waals surface area contributed by atoms with Crippen molar-refractivity contribution in [2.75, 3.05) is 5.73 Å². The van der Waals surface area contributed by atoms with Crippen LogP contribution in [0.1, 0.15) is 0 Å². The largest absolute Gasteiger partial charge is 0.369 e. The number of nitrogens with two attached hydrogens (primary N) is 1. The minimum Gasteiger partial charge on any atom is -0.369 e. The van der Waals surface area contributed by atoms with E-state index in [-0.39, 0.29) is 0 Å². The summed E-state index contributed by atoms with van der Waals surface area (Å²) in [6, 6.07) is 3.79. The van der Waals surface area contributed by atoms with Crippen LogP contribution in [0.2, 0.25) is 0 Å². The van der Waals surface area contributed by atoms with Crippen molar-refractivity contribution >= 4 is 5.95 Å². The van der Waals surface area contributed by atoms with Gasteiger partial charge < -0.3 is 10.7 Å². The van der Waals surface area contributed by atoms with Crippen molar-refractivity contribution in [1.82, 2.24) is 15.0 Å². The van der Waals surface area contributed by atoms with Gasteiger partial charge in [0, 0.05) is 18.0 Å². The lowest BCUT2D eigenvalue weighted by Crippen LogP contribution is -1.85. The highest BCUT2D eigenvalue weighted by atomic mass is 15.0. The summed E-state index contributed by atoms with van der Waals surface area (Å²) in [5.74, 6) is 0.432. The van der Waals surface area contributed by atoms with Crippen LogP contribution >= 0.6 is 0 Å². The molecule has 4 heteroatoms. The summed E-state index contributed by atoms with van der Waals surface area (Å²) in [4.78, 5) is 10.7. The Hall–Kier alpha value is -1.84. The molecule has 0 saturated carbocycles. The molecular weight excluding hydrogens is 152 g/mol. The molecule has 0 aliphatic heterocycles. The van der Waals surface area contributed by atoms with E-state index in [2.05, 4.69) is 15.0 Å². The van der Waals surface area contributed by atoms with Crippen molar-refractivity contribution < 1.29 is 0 Å². The van der Waals surface area contributed by atoms with Gasteiger partial charge in [-0.3, -0.25) is 4.98 Å². The maximum absolute atomic E-state index is 5.43. The maximum atomic E-state index is 5.43. The van der Waals surface area contributed by atoms with Crippen molar-refractivity contribution in [3.8, 4) is 11.3 Å². The fourth-order valence-electron chi connectivity index (χ4n) is 1.01. The Morgan fingerprint density at radius 2 is 2.00 bits per heavy atom. The van der Waals surface area contributed by atoms with E-state index in [0.717, 1.165) is 11.3 Å². The molecule has 0 spiro atoms. The number of aromatic amines is 1. The number of H-pyrrole nitrogens is 1. The molecule has 2 aromatic heterocycles. The van der Waals surface area contributed by atoms with Gasteiger partial charge in [0.2, 0.25) is 0 Å². The molecule has 2 aromatic rings. The lowest BCUT2D eigenvalue weighted by Gasteiger charge is -1.93. The van der Waals surface area contributed by atoms with E-state index >= 15 is 0 Å².